The summed E-state index contributed by atoms with van der Waals surface area (Å²) < 4.78 is 4.31. The van der Waals surface area contributed by atoms with Crippen LogP contribution in [0.3, 0.4) is 0 Å². The number of rotatable bonds is 7. The first-order valence-electron chi connectivity index (χ1n) is 10.3. The van der Waals surface area contributed by atoms with E-state index >= 15 is 0 Å². The standard InChI is InChI=1S/C24H23N5O2S/c1-4-28(15-18-7-5-16(2)6-8-18)19-9-11-22(17(3)13-19)25-26-24-21-14-20(29(30)31)10-12-23(21)27-32-24/h5-14H,4,15H2,1-3H3. The Morgan fingerprint density at radius 3 is 2.50 bits per heavy atom. The third kappa shape index (κ3) is 4.65. The van der Waals surface area contributed by atoms with Gasteiger partial charge in [-0.1, -0.05) is 29.8 Å². The third-order valence-electron chi connectivity index (χ3n) is 5.32. The first kappa shape index (κ1) is 21.6. The number of azo groups is 1. The molecule has 0 atom stereocenters. The van der Waals surface area contributed by atoms with Gasteiger partial charge in [0.25, 0.3) is 5.69 Å². The van der Waals surface area contributed by atoms with Crippen LogP contribution in [-0.2, 0) is 6.54 Å². The maximum absolute atomic E-state index is 11.1. The molecule has 8 heteroatoms. The second kappa shape index (κ2) is 9.23. The maximum atomic E-state index is 11.1. The molecule has 4 aromatic rings. The summed E-state index contributed by atoms with van der Waals surface area (Å²) in [6.45, 7) is 7.97. The van der Waals surface area contributed by atoms with Gasteiger partial charge in [0.1, 0.15) is 0 Å². The lowest BCUT2D eigenvalue weighted by molar-refractivity contribution is -0.384. The summed E-state index contributed by atoms with van der Waals surface area (Å²) in [6.07, 6.45) is 0. The first-order chi connectivity index (χ1) is 15.4. The van der Waals surface area contributed by atoms with Gasteiger partial charge in [0.15, 0.2) is 5.00 Å². The van der Waals surface area contributed by atoms with Crippen molar-refractivity contribution in [3.8, 4) is 0 Å². The Hall–Kier alpha value is -3.65. The lowest BCUT2D eigenvalue weighted by Gasteiger charge is -2.24. The number of nitro groups is 1. The molecule has 0 N–H and O–H groups in total. The number of aromatic nitrogens is 1. The Labute approximate surface area is 190 Å². The molecule has 162 valence electrons. The lowest BCUT2D eigenvalue weighted by Crippen LogP contribution is -2.21. The number of anilines is 1. The van der Waals surface area contributed by atoms with Crippen LogP contribution >= 0.6 is 11.5 Å². The quantitative estimate of drug-likeness (QED) is 0.170. The van der Waals surface area contributed by atoms with Gasteiger partial charge in [0, 0.05) is 36.3 Å². The summed E-state index contributed by atoms with van der Waals surface area (Å²) in [4.78, 5) is 13.0. The first-order valence-corrected chi connectivity index (χ1v) is 11.1. The molecule has 4 rings (SSSR count). The predicted molar refractivity (Wildman–Crippen MR) is 130 cm³/mol. The van der Waals surface area contributed by atoms with Crippen molar-refractivity contribution < 1.29 is 4.92 Å². The van der Waals surface area contributed by atoms with E-state index in [1.807, 2.05) is 13.0 Å². The minimum atomic E-state index is -0.420. The molecule has 32 heavy (non-hydrogen) atoms. The zero-order chi connectivity index (χ0) is 22.7. The fourth-order valence-corrected chi connectivity index (χ4v) is 4.13. The monoisotopic (exact) mass is 445 g/mol. The van der Waals surface area contributed by atoms with Gasteiger partial charge in [0.05, 0.1) is 16.1 Å². The summed E-state index contributed by atoms with van der Waals surface area (Å²) >= 11 is 1.18. The van der Waals surface area contributed by atoms with Gasteiger partial charge in [-0.05, 0) is 67.7 Å². The SMILES string of the molecule is CCN(Cc1ccc(C)cc1)c1ccc(N=Nc2snc3ccc([N+](=O)[O-])cc23)c(C)c1. The number of benzene rings is 3. The topological polar surface area (TPSA) is 84.0 Å². The molecule has 0 spiro atoms. The molecule has 0 unspecified atom stereocenters. The predicted octanol–water partition coefficient (Wildman–Crippen LogP) is 7.26. The van der Waals surface area contributed by atoms with Crippen molar-refractivity contribution in [1.82, 2.24) is 4.37 Å². The van der Waals surface area contributed by atoms with Crippen molar-refractivity contribution in [2.75, 3.05) is 11.4 Å². The molecule has 1 aromatic heterocycles. The van der Waals surface area contributed by atoms with Crippen molar-refractivity contribution in [3.05, 3.63) is 87.5 Å². The van der Waals surface area contributed by atoms with Crippen LogP contribution in [-0.4, -0.2) is 15.8 Å². The Morgan fingerprint density at radius 1 is 1.03 bits per heavy atom. The molecule has 0 radical (unpaired) electrons. The smallest absolute Gasteiger partial charge is 0.270 e. The Morgan fingerprint density at radius 2 is 1.81 bits per heavy atom. The van der Waals surface area contributed by atoms with Gasteiger partial charge >= 0.3 is 0 Å². The Kier molecular flexibility index (Phi) is 6.23. The average molecular weight is 446 g/mol. The highest BCUT2D eigenvalue weighted by Crippen LogP contribution is 2.35. The van der Waals surface area contributed by atoms with Gasteiger partial charge in [-0.2, -0.15) is 4.37 Å². The normalized spacial score (nSPS) is 11.3. The average Bonchev–Trinajstić information content (AvgIpc) is 3.20. The van der Waals surface area contributed by atoms with E-state index < -0.39 is 4.92 Å². The van der Waals surface area contributed by atoms with Gasteiger partial charge in [0.2, 0.25) is 0 Å². The highest BCUT2D eigenvalue weighted by molar-refractivity contribution is 7.11. The highest BCUT2D eigenvalue weighted by Gasteiger charge is 2.12. The van der Waals surface area contributed by atoms with Gasteiger partial charge in [-0.15, -0.1) is 10.2 Å². The third-order valence-corrected chi connectivity index (χ3v) is 6.08. The van der Waals surface area contributed by atoms with Crippen molar-refractivity contribution in [2.45, 2.75) is 27.3 Å². The van der Waals surface area contributed by atoms with E-state index in [9.17, 15) is 10.1 Å². The second-order valence-electron chi connectivity index (χ2n) is 7.62. The zero-order valence-electron chi connectivity index (χ0n) is 18.1. The zero-order valence-corrected chi connectivity index (χ0v) is 19.0. The molecule has 3 aromatic carbocycles. The Balaban J connectivity index is 1.56. The molecule has 0 saturated carbocycles. The lowest BCUT2D eigenvalue weighted by atomic mass is 10.1. The van der Waals surface area contributed by atoms with Crippen LogP contribution in [0.1, 0.15) is 23.6 Å². The fraction of sp³-hybridized carbons (Fsp3) is 0.208. The van der Waals surface area contributed by atoms with Crippen LogP contribution in [0.4, 0.5) is 22.1 Å². The molecule has 0 aliphatic rings. The van der Waals surface area contributed by atoms with E-state index in [2.05, 4.69) is 69.7 Å². The summed E-state index contributed by atoms with van der Waals surface area (Å²) in [7, 11) is 0. The number of hydrogen-bond acceptors (Lipinski definition) is 7. The van der Waals surface area contributed by atoms with Crippen molar-refractivity contribution in [3.63, 3.8) is 0 Å². The number of nitrogens with zero attached hydrogens (tertiary/aromatic N) is 5. The molecule has 7 nitrogen and oxygen atoms in total. The van der Waals surface area contributed by atoms with Crippen LogP contribution < -0.4 is 4.90 Å². The van der Waals surface area contributed by atoms with E-state index in [1.165, 1.54) is 34.8 Å². The number of hydrogen-bond donors (Lipinski definition) is 0. The summed E-state index contributed by atoms with van der Waals surface area (Å²) in [6, 6.07) is 19.3. The maximum Gasteiger partial charge on any atom is 0.270 e. The summed E-state index contributed by atoms with van der Waals surface area (Å²) in [5.74, 6) is 0. The number of aryl methyl sites for hydroxylation is 2. The van der Waals surface area contributed by atoms with E-state index in [-0.39, 0.29) is 5.69 Å². The number of nitro benzene ring substituents is 1. The van der Waals surface area contributed by atoms with Crippen LogP contribution in [0.2, 0.25) is 0 Å². The van der Waals surface area contributed by atoms with Crippen LogP contribution in [0.25, 0.3) is 10.9 Å². The summed E-state index contributed by atoms with van der Waals surface area (Å²) in [5.41, 5.74) is 6.11. The van der Waals surface area contributed by atoms with E-state index in [0.29, 0.717) is 15.9 Å². The molecule has 0 fully saturated rings. The molecule has 1 heterocycles. The minimum absolute atomic E-state index is 0.0166. The van der Waals surface area contributed by atoms with Crippen LogP contribution in [0.5, 0.6) is 0 Å². The second-order valence-corrected chi connectivity index (χ2v) is 8.37. The van der Waals surface area contributed by atoms with Crippen molar-refractivity contribution in [2.24, 2.45) is 10.2 Å². The molecule has 0 bridgehead atoms. The molecular formula is C24H23N5O2S. The molecule has 0 aliphatic heterocycles. The van der Waals surface area contributed by atoms with E-state index in [0.717, 1.165) is 30.0 Å². The number of fused-ring (bicyclic) bond motifs is 1. The molecular weight excluding hydrogens is 422 g/mol. The summed E-state index contributed by atoms with van der Waals surface area (Å²) in [5, 5.41) is 21.0. The minimum Gasteiger partial charge on any atom is -0.367 e. The highest BCUT2D eigenvalue weighted by atomic mass is 32.1. The van der Waals surface area contributed by atoms with Gasteiger partial charge in [-0.3, -0.25) is 10.1 Å². The van der Waals surface area contributed by atoms with Crippen molar-refractivity contribution >= 4 is 44.5 Å². The van der Waals surface area contributed by atoms with E-state index in [1.54, 1.807) is 6.07 Å². The van der Waals surface area contributed by atoms with Gasteiger partial charge < -0.3 is 4.90 Å². The number of non-ortho nitro benzene ring substituents is 1. The fourth-order valence-electron chi connectivity index (χ4n) is 3.45. The van der Waals surface area contributed by atoms with E-state index in [4.69, 9.17) is 0 Å². The molecule has 0 amide bonds. The van der Waals surface area contributed by atoms with Crippen LogP contribution in [0.15, 0.2) is 70.9 Å². The molecule has 0 aliphatic carbocycles. The van der Waals surface area contributed by atoms with Crippen LogP contribution in [0, 0.1) is 24.0 Å². The Bertz CT molecular complexity index is 1300. The largest absolute Gasteiger partial charge is 0.367 e. The van der Waals surface area contributed by atoms with Crippen molar-refractivity contribution in [1.29, 1.82) is 0 Å². The molecule has 0 saturated heterocycles. The van der Waals surface area contributed by atoms with Gasteiger partial charge in [-0.25, -0.2) is 0 Å².